The molecule has 1 N–H and O–H groups in total. The van der Waals surface area contributed by atoms with Crippen LogP contribution in [-0.2, 0) is 0 Å². The van der Waals surface area contributed by atoms with E-state index in [0.717, 1.165) is 24.0 Å². The second kappa shape index (κ2) is 3.72. The summed E-state index contributed by atoms with van der Waals surface area (Å²) in [5.41, 5.74) is 2.13. The largest absolute Gasteiger partial charge is 0.388 e. The zero-order valence-corrected chi connectivity index (χ0v) is 7.59. The van der Waals surface area contributed by atoms with Gasteiger partial charge in [0.15, 0.2) is 0 Å². The molecule has 0 radical (unpaired) electrons. The number of rotatable bonds is 3. The molecule has 0 fully saturated rings. The van der Waals surface area contributed by atoms with E-state index in [9.17, 15) is 5.11 Å². The van der Waals surface area contributed by atoms with Crippen molar-refractivity contribution in [3.8, 4) is 0 Å². The van der Waals surface area contributed by atoms with Crippen LogP contribution in [0.15, 0.2) is 36.5 Å². The normalized spacial score (nSPS) is 29.2. The second-order valence-corrected chi connectivity index (χ2v) is 3.21. The van der Waals surface area contributed by atoms with Crippen LogP contribution in [0.1, 0.15) is 19.8 Å². The maximum Gasteiger partial charge on any atom is 0.0823 e. The molecule has 12 heavy (non-hydrogen) atoms. The summed E-state index contributed by atoms with van der Waals surface area (Å²) < 4.78 is 0. The lowest BCUT2D eigenvalue weighted by Gasteiger charge is -2.12. The van der Waals surface area contributed by atoms with E-state index in [0.29, 0.717) is 5.92 Å². The van der Waals surface area contributed by atoms with Gasteiger partial charge in [-0.25, -0.2) is 0 Å². The molecule has 0 aromatic rings. The molecule has 2 atom stereocenters. The Balaban J connectivity index is 2.88. The van der Waals surface area contributed by atoms with Crippen LogP contribution in [0.25, 0.3) is 0 Å². The van der Waals surface area contributed by atoms with E-state index in [2.05, 4.69) is 20.1 Å². The maximum atomic E-state index is 9.77. The van der Waals surface area contributed by atoms with Crippen molar-refractivity contribution < 1.29 is 5.11 Å². The van der Waals surface area contributed by atoms with E-state index in [1.165, 1.54) is 0 Å². The molecule has 0 aromatic heterocycles. The maximum absolute atomic E-state index is 9.77. The molecular formula is C11H16O. The van der Waals surface area contributed by atoms with Gasteiger partial charge in [-0.15, -0.1) is 0 Å². The predicted octanol–water partition coefficient (Wildman–Crippen LogP) is 2.45. The number of allylic oxidation sites excluding steroid dienone is 2. The summed E-state index contributed by atoms with van der Waals surface area (Å²) in [6.45, 7) is 9.52. The van der Waals surface area contributed by atoms with Crippen molar-refractivity contribution in [3.05, 3.63) is 36.5 Å². The molecule has 0 aromatic carbocycles. The summed E-state index contributed by atoms with van der Waals surface area (Å²) in [6.07, 6.45) is 5.21. The molecule has 0 amide bonds. The quantitative estimate of drug-likeness (QED) is 0.679. The lowest BCUT2D eigenvalue weighted by Crippen LogP contribution is -2.15. The first-order chi connectivity index (χ1) is 5.74. The number of hydrogen-bond acceptors (Lipinski definition) is 1. The standard InChI is InChI=1S/C11H16O/c1-4-8-7-9(5-2)11(12)10(8)6-3/h4,6,9,11-12H,1,3,5,7H2,2H3. The molecule has 0 saturated carbocycles. The van der Waals surface area contributed by atoms with Gasteiger partial charge in [-0.1, -0.05) is 38.7 Å². The second-order valence-electron chi connectivity index (χ2n) is 3.21. The van der Waals surface area contributed by atoms with Crippen molar-refractivity contribution in [2.45, 2.75) is 25.9 Å². The van der Waals surface area contributed by atoms with Crippen molar-refractivity contribution in [3.63, 3.8) is 0 Å². The Morgan fingerprint density at radius 1 is 1.50 bits per heavy atom. The van der Waals surface area contributed by atoms with Crippen molar-refractivity contribution >= 4 is 0 Å². The highest BCUT2D eigenvalue weighted by atomic mass is 16.3. The van der Waals surface area contributed by atoms with Gasteiger partial charge < -0.3 is 5.11 Å². The van der Waals surface area contributed by atoms with Gasteiger partial charge in [-0.3, -0.25) is 0 Å². The molecule has 0 spiro atoms. The Morgan fingerprint density at radius 3 is 2.50 bits per heavy atom. The summed E-state index contributed by atoms with van der Waals surface area (Å²) in [5.74, 6) is 0.367. The van der Waals surface area contributed by atoms with Gasteiger partial charge in [-0.05, 0) is 23.5 Å². The summed E-state index contributed by atoms with van der Waals surface area (Å²) >= 11 is 0. The Hall–Kier alpha value is -0.820. The lowest BCUT2D eigenvalue weighted by atomic mass is 9.99. The molecule has 0 heterocycles. The Bertz CT molecular complexity index is 225. The van der Waals surface area contributed by atoms with E-state index in [-0.39, 0.29) is 6.10 Å². The van der Waals surface area contributed by atoms with Gasteiger partial charge >= 0.3 is 0 Å². The van der Waals surface area contributed by atoms with Crippen LogP contribution in [0.3, 0.4) is 0 Å². The first-order valence-corrected chi connectivity index (χ1v) is 4.40. The zero-order chi connectivity index (χ0) is 9.14. The molecule has 0 aliphatic heterocycles. The van der Waals surface area contributed by atoms with E-state index in [1.54, 1.807) is 6.08 Å². The van der Waals surface area contributed by atoms with E-state index >= 15 is 0 Å². The highest BCUT2D eigenvalue weighted by Crippen LogP contribution is 2.34. The molecular weight excluding hydrogens is 148 g/mol. The average molecular weight is 164 g/mol. The van der Waals surface area contributed by atoms with E-state index in [1.807, 2.05) is 6.08 Å². The topological polar surface area (TPSA) is 20.2 Å². The predicted molar refractivity (Wildman–Crippen MR) is 51.8 cm³/mol. The summed E-state index contributed by atoms with van der Waals surface area (Å²) in [4.78, 5) is 0. The van der Waals surface area contributed by atoms with Crippen molar-refractivity contribution in [2.75, 3.05) is 0 Å². The Morgan fingerprint density at radius 2 is 2.17 bits per heavy atom. The van der Waals surface area contributed by atoms with Gasteiger partial charge in [-0.2, -0.15) is 0 Å². The van der Waals surface area contributed by atoms with Gasteiger partial charge in [0.1, 0.15) is 0 Å². The van der Waals surface area contributed by atoms with E-state index < -0.39 is 0 Å². The highest BCUT2D eigenvalue weighted by Gasteiger charge is 2.28. The van der Waals surface area contributed by atoms with Gasteiger partial charge in [0.25, 0.3) is 0 Å². The fraction of sp³-hybridized carbons (Fsp3) is 0.455. The van der Waals surface area contributed by atoms with Crippen molar-refractivity contribution in [1.29, 1.82) is 0 Å². The van der Waals surface area contributed by atoms with Crippen LogP contribution in [0.5, 0.6) is 0 Å². The molecule has 1 aliphatic rings. The van der Waals surface area contributed by atoms with Gasteiger partial charge in [0.05, 0.1) is 6.10 Å². The SMILES string of the molecule is C=CC1=C(C=C)C(O)C(CC)C1. The molecule has 1 rings (SSSR count). The zero-order valence-electron chi connectivity index (χ0n) is 7.59. The minimum atomic E-state index is -0.319. The van der Waals surface area contributed by atoms with Gasteiger partial charge in [0, 0.05) is 0 Å². The van der Waals surface area contributed by atoms with Gasteiger partial charge in [0.2, 0.25) is 0 Å². The number of aliphatic hydroxyl groups excluding tert-OH is 1. The number of aliphatic hydroxyl groups is 1. The molecule has 1 aliphatic carbocycles. The number of hydrogen-bond donors (Lipinski definition) is 1. The van der Waals surface area contributed by atoms with Crippen LogP contribution in [0, 0.1) is 5.92 Å². The molecule has 1 heteroatoms. The van der Waals surface area contributed by atoms with Crippen LogP contribution < -0.4 is 0 Å². The molecule has 2 unspecified atom stereocenters. The minimum absolute atomic E-state index is 0.319. The third-order valence-corrected chi connectivity index (χ3v) is 2.61. The van der Waals surface area contributed by atoms with E-state index in [4.69, 9.17) is 0 Å². The van der Waals surface area contributed by atoms with Crippen molar-refractivity contribution in [2.24, 2.45) is 5.92 Å². The minimum Gasteiger partial charge on any atom is -0.388 e. The Labute approximate surface area is 74.1 Å². The Kier molecular flexibility index (Phi) is 2.88. The lowest BCUT2D eigenvalue weighted by molar-refractivity contribution is 0.155. The monoisotopic (exact) mass is 164 g/mol. The summed E-state index contributed by atoms with van der Waals surface area (Å²) in [7, 11) is 0. The average Bonchev–Trinajstić information content (AvgIpc) is 2.41. The highest BCUT2D eigenvalue weighted by molar-refractivity contribution is 5.39. The third-order valence-electron chi connectivity index (χ3n) is 2.61. The van der Waals surface area contributed by atoms with Crippen LogP contribution in [0.2, 0.25) is 0 Å². The van der Waals surface area contributed by atoms with Crippen molar-refractivity contribution in [1.82, 2.24) is 0 Å². The van der Waals surface area contributed by atoms with Crippen LogP contribution in [0.4, 0.5) is 0 Å². The molecule has 0 bridgehead atoms. The van der Waals surface area contributed by atoms with Crippen LogP contribution >= 0.6 is 0 Å². The molecule has 0 saturated heterocycles. The molecule has 66 valence electrons. The fourth-order valence-electron chi connectivity index (χ4n) is 1.78. The van der Waals surface area contributed by atoms with Crippen LogP contribution in [-0.4, -0.2) is 11.2 Å². The first-order valence-electron chi connectivity index (χ1n) is 4.40. The summed E-state index contributed by atoms with van der Waals surface area (Å²) in [6, 6.07) is 0. The third kappa shape index (κ3) is 1.37. The molecule has 1 nitrogen and oxygen atoms in total. The fourth-order valence-corrected chi connectivity index (χ4v) is 1.78. The smallest absolute Gasteiger partial charge is 0.0823 e. The first kappa shape index (κ1) is 9.27. The summed E-state index contributed by atoms with van der Waals surface area (Å²) in [5, 5.41) is 9.77.